The van der Waals surface area contributed by atoms with Crippen LogP contribution in [0, 0.1) is 0 Å². The van der Waals surface area contributed by atoms with E-state index < -0.39 is 0 Å². The Bertz CT molecular complexity index is 527. The highest BCUT2D eigenvalue weighted by molar-refractivity contribution is 14.0. The molecule has 0 aromatic carbocycles. The topological polar surface area (TPSA) is 62.7 Å². The summed E-state index contributed by atoms with van der Waals surface area (Å²) >= 11 is 1.74. The first kappa shape index (κ1) is 25.2. The zero-order chi connectivity index (χ0) is 18.7. The molecule has 1 unspecified atom stereocenters. The van der Waals surface area contributed by atoms with Crippen molar-refractivity contribution in [3.05, 3.63) is 22.4 Å². The van der Waals surface area contributed by atoms with E-state index in [1.807, 2.05) is 20.8 Å². The normalized spacial score (nSPS) is 12.9. The molecule has 2 N–H and O–H groups in total. The minimum atomic E-state index is -0.385. The molecular weight excluding hydrogens is 461 g/mol. The zero-order valence-electron chi connectivity index (χ0n) is 16.6. The second-order valence-electron chi connectivity index (χ2n) is 7.13. The highest BCUT2D eigenvalue weighted by Gasteiger charge is 2.15. The Balaban J connectivity index is 0.00000625. The summed E-state index contributed by atoms with van der Waals surface area (Å²) in [6, 6.07) is 4.44. The van der Waals surface area contributed by atoms with Crippen molar-refractivity contribution < 1.29 is 9.53 Å². The summed E-state index contributed by atoms with van der Waals surface area (Å²) in [4.78, 5) is 17.2. The monoisotopic (exact) mass is 495 g/mol. The molecule has 0 saturated carbocycles. The maximum atomic E-state index is 11.6. The van der Waals surface area contributed by atoms with Crippen molar-refractivity contribution in [2.45, 2.75) is 71.4 Å². The fourth-order valence-electron chi connectivity index (χ4n) is 2.36. The summed E-state index contributed by atoms with van der Waals surface area (Å²) in [5.74, 6) is 0.729. The Morgan fingerprint density at radius 1 is 1.27 bits per heavy atom. The van der Waals surface area contributed by atoms with E-state index in [1.165, 1.54) is 4.88 Å². The SMILES string of the molecule is CN=C(NCCCCCCC(=O)OC(C)(C)C)NC(C)c1cccs1.I. The first-order valence-corrected chi connectivity index (χ1v) is 9.92. The zero-order valence-corrected chi connectivity index (χ0v) is 19.8. The fourth-order valence-corrected chi connectivity index (χ4v) is 3.09. The smallest absolute Gasteiger partial charge is 0.306 e. The third-order valence-electron chi connectivity index (χ3n) is 3.57. The standard InChI is InChI=1S/C19H33N3O2S.HI/c1-15(16-11-10-14-25-16)22-18(20-5)21-13-9-7-6-8-12-17(23)24-19(2,3)4;/h10-11,14-15H,6-9,12-13H2,1-5H3,(H2,20,21,22);1H. The van der Waals surface area contributed by atoms with Gasteiger partial charge in [0.05, 0.1) is 6.04 Å². The number of aliphatic imine (C=N–C) groups is 1. The summed E-state index contributed by atoms with van der Waals surface area (Å²) < 4.78 is 5.30. The van der Waals surface area contributed by atoms with Crippen molar-refractivity contribution in [1.29, 1.82) is 0 Å². The maximum Gasteiger partial charge on any atom is 0.306 e. The van der Waals surface area contributed by atoms with E-state index in [2.05, 4.69) is 40.1 Å². The predicted molar refractivity (Wildman–Crippen MR) is 122 cm³/mol. The maximum absolute atomic E-state index is 11.6. The minimum absolute atomic E-state index is 0. The Labute approximate surface area is 179 Å². The number of carbonyl (C=O) groups excluding carboxylic acids is 1. The van der Waals surface area contributed by atoms with Gasteiger partial charge in [0.25, 0.3) is 0 Å². The van der Waals surface area contributed by atoms with Gasteiger partial charge in [-0.2, -0.15) is 0 Å². The van der Waals surface area contributed by atoms with Gasteiger partial charge in [0.1, 0.15) is 5.60 Å². The first-order valence-electron chi connectivity index (χ1n) is 9.04. The number of halogens is 1. The molecule has 0 spiro atoms. The number of ether oxygens (including phenoxy) is 1. The number of hydrogen-bond acceptors (Lipinski definition) is 4. The van der Waals surface area contributed by atoms with Crippen LogP contribution in [-0.2, 0) is 9.53 Å². The summed E-state index contributed by atoms with van der Waals surface area (Å²) in [6.07, 6.45) is 4.58. The number of hydrogen-bond donors (Lipinski definition) is 2. The van der Waals surface area contributed by atoms with Crippen molar-refractivity contribution >= 4 is 47.2 Å². The summed E-state index contributed by atoms with van der Waals surface area (Å²) in [5, 5.41) is 8.83. The van der Waals surface area contributed by atoms with Crippen molar-refractivity contribution in [3.63, 3.8) is 0 Å². The molecule has 1 rings (SSSR count). The number of unbranched alkanes of at least 4 members (excludes halogenated alkanes) is 3. The highest BCUT2D eigenvalue weighted by Crippen LogP contribution is 2.17. The average molecular weight is 495 g/mol. The van der Waals surface area contributed by atoms with Crippen LogP contribution in [0.1, 0.15) is 70.7 Å². The molecule has 26 heavy (non-hydrogen) atoms. The lowest BCUT2D eigenvalue weighted by molar-refractivity contribution is -0.154. The Morgan fingerprint density at radius 3 is 2.54 bits per heavy atom. The van der Waals surface area contributed by atoms with Crippen LogP contribution >= 0.6 is 35.3 Å². The largest absolute Gasteiger partial charge is 0.460 e. The molecule has 1 atom stereocenters. The van der Waals surface area contributed by atoms with Gasteiger partial charge in [0.15, 0.2) is 5.96 Å². The number of esters is 1. The van der Waals surface area contributed by atoms with E-state index in [0.717, 1.165) is 38.2 Å². The first-order chi connectivity index (χ1) is 11.8. The van der Waals surface area contributed by atoms with Crippen LogP contribution in [0.5, 0.6) is 0 Å². The molecule has 0 aliphatic rings. The molecule has 0 saturated heterocycles. The molecule has 0 amide bonds. The van der Waals surface area contributed by atoms with Crippen LogP contribution in [0.2, 0.25) is 0 Å². The van der Waals surface area contributed by atoms with Crippen LogP contribution in [0.25, 0.3) is 0 Å². The molecule has 150 valence electrons. The lowest BCUT2D eigenvalue weighted by Crippen LogP contribution is -2.38. The number of thiophene rings is 1. The quantitative estimate of drug-likeness (QED) is 0.169. The molecule has 0 aliphatic heterocycles. The second-order valence-corrected chi connectivity index (χ2v) is 8.11. The van der Waals surface area contributed by atoms with Crippen molar-refractivity contribution in [3.8, 4) is 0 Å². The van der Waals surface area contributed by atoms with Crippen LogP contribution in [-0.4, -0.2) is 31.1 Å². The van der Waals surface area contributed by atoms with Gasteiger partial charge in [-0.1, -0.05) is 18.9 Å². The Hall–Kier alpha value is -0.830. The van der Waals surface area contributed by atoms with Crippen LogP contribution < -0.4 is 10.6 Å². The summed E-state index contributed by atoms with van der Waals surface area (Å²) in [6.45, 7) is 8.71. The van der Waals surface area contributed by atoms with Crippen molar-refractivity contribution in [2.75, 3.05) is 13.6 Å². The van der Waals surface area contributed by atoms with Crippen LogP contribution in [0.15, 0.2) is 22.5 Å². The van der Waals surface area contributed by atoms with E-state index in [-0.39, 0.29) is 41.6 Å². The van der Waals surface area contributed by atoms with Gasteiger partial charge in [-0.05, 0) is 52.0 Å². The number of nitrogens with one attached hydrogen (secondary N) is 2. The molecule has 0 bridgehead atoms. The summed E-state index contributed by atoms with van der Waals surface area (Å²) in [5.41, 5.74) is -0.385. The minimum Gasteiger partial charge on any atom is -0.460 e. The number of carbonyl (C=O) groups is 1. The van der Waals surface area contributed by atoms with Gasteiger partial charge >= 0.3 is 5.97 Å². The Kier molecular flexibility index (Phi) is 12.9. The van der Waals surface area contributed by atoms with E-state index >= 15 is 0 Å². The molecule has 1 aromatic heterocycles. The lowest BCUT2D eigenvalue weighted by Gasteiger charge is -2.19. The number of guanidine groups is 1. The molecule has 0 aliphatic carbocycles. The predicted octanol–water partition coefficient (Wildman–Crippen LogP) is 4.88. The molecule has 0 fully saturated rings. The third kappa shape index (κ3) is 11.7. The van der Waals surface area contributed by atoms with E-state index in [4.69, 9.17) is 4.74 Å². The molecule has 0 radical (unpaired) electrons. The van der Waals surface area contributed by atoms with Crippen LogP contribution in [0.3, 0.4) is 0 Å². The average Bonchev–Trinajstić information content (AvgIpc) is 3.05. The van der Waals surface area contributed by atoms with Gasteiger partial charge in [-0.15, -0.1) is 35.3 Å². The van der Waals surface area contributed by atoms with E-state index in [0.29, 0.717) is 6.42 Å². The van der Waals surface area contributed by atoms with Gasteiger partial charge in [-0.25, -0.2) is 0 Å². The molecule has 5 nitrogen and oxygen atoms in total. The second kappa shape index (κ2) is 13.4. The van der Waals surface area contributed by atoms with E-state index in [1.54, 1.807) is 18.4 Å². The van der Waals surface area contributed by atoms with Crippen molar-refractivity contribution in [2.24, 2.45) is 4.99 Å². The van der Waals surface area contributed by atoms with Gasteiger partial charge < -0.3 is 15.4 Å². The molecule has 1 heterocycles. The van der Waals surface area contributed by atoms with Gasteiger partial charge in [0.2, 0.25) is 0 Å². The molecule has 7 heteroatoms. The molecule has 1 aromatic rings. The number of rotatable bonds is 9. The Morgan fingerprint density at radius 2 is 1.96 bits per heavy atom. The lowest BCUT2D eigenvalue weighted by atomic mass is 10.1. The van der Waals surface area contributed by atoms with E-state index in [9.17, 15) is 4.79 Å². The van der Waals surface area contributed by atoms with Gasteiger partial charge in [0, 0.05) is 24.9 Å². The van der Waals surface area contributed by atoms with Gasteiger partial charge in [-0.3, -0.25) is 9.79 Å². The molecular formula is C19H34IN3O2S. The van der Waals surface area contributed by atoms with Crippen molar-refractivity contribution in [1.82, 2.24) is 10.6 Å². The van der Waals surface area contributed by atoms with Crippen LogP contribution in [0.4, 0.5) is 0 Å². The third-order valence-corrected chi connectivity index (χ3v) is 4.62. The summed E-state index contributed by atoms with van der Waals surface area (Å²) in [7, 11) is 1.79. The fraction of sp³-hybridized carbons (Fsp3) is 0.684. The highest BCUT2D eigenvalue weighted by atomic mass is 127. The number of nitrogens with zero attached hydrogens (tertiary/aromatic N) is 1.